The maximum atomic E-state index is 11.7. The molecule has 0 aliphatic rings. The first kappa shape index (κ1) is 10.7. The van der Waals surface area contributed by atoms with Crippen LogP contribution in [0.4, 0.5) is 5.82 Å². The molecule has 0 aromatic carbocycles. The van der Waals surface area contributed by atoms with Crippen molar-refractivity contribution in [1.82, 2.24) is 9.97 Å². The quantitative estimate of drug-likeness (QED) is 0.399. The zero-order valence-corrected chi connectivity index (χ0v) is 10.00. The standard InChI is InChI=1S/C9H8BrN5O/c1-4-13-8-5(9(16)14-4)2-6(10)7(12)15(8)3-11/h2-3,11H,1H3,(H2,12,13,14,16)/p+1. The highest BCUT2D eigenvalue weighted by atomic mass is 79.9. The first-order chi connectivity index (χ1) is 7.54. The van der Waals surface area contributed by atoms with E-state index in [2.05, 4.69) is 25.9 Å². The summed E-state index contributed by atoms with van der Waals surface area (Å²) in [6.45, 7) is 1.67. The number of pyridine rings is 1. The molecule has 2 heterocycles. The van der Waals surface area contributed by atoms with Gasteiger partial charge in [0.05, 0.1) is 4.47 Å². The number of aromatic amines is 1. The lowest BCUT2D eigenvalue weighted by Gasteiger charge is -2.04. The van der Waals surface area contributed by atoms with Crippen molar-refractivity contribution in [2.75, 3.05) is 5.73 Å². The minimum atomic E-state index is -0.251. The van der Waals surface area contributed by atoms with Gasteiger partial charge in [-0.25, -0.2) is 0 Å². The number of H-pyrrole nitrogens is 1. The van der Waals surface area contributed by atoms with Gasteiger partial charge in [-0.3, -0.25) is 9.78 Å². The number of hydrogen-bond donors (Lipinski definition) is 3. The zero-order chi connectivity index (χ0) is 11.9. The lowest BCUT2D eigenvalue weighted by Crippen LogP contribution is -2.39. The third-order valence-corrected chi connectivity index (χ3v) is 2.82. The van der Waals surface area contributed by atoms with Gasteiger partial charge in [-0.05, 0) is 22.0 Å². The summed E-state index contributed by atoms with van der Waals surface area (Å²) in [6, 6.07) is 1.59. The first-order valence-electron chi connectivity index (χ1n) is 4.45. The average molecular weight is 283 g/mol. The number of anilines is 1. The van der Waals surface area contributed by atoms with E-state index in [0.29, 0.717) is 27.1 Å². The summed E-state index contributed by atoms with van der Waals surface area (Å²) in [4.78, 5) is 18.4. The molecule has 0 spiro atoms. The second-order valence-corrected chi connectivity index (χ2v) is 4.12. The van der Waals surface area contributed by atoms with E-state index in [1.54, 1.807) is 13.0 Å². The van der Waals surface area contributed by atoms with Crippen LogP contribution in [0.25, 0.3) is 11.0 Å². The Kier molecular flexibility index (Phi) is 2.47. The van der Waals surface area contributed by atoms with Gasteiger partial charge in [-0.15, -0.1) is 4.98 Å². The summed E-state index contributed by atoms with van der Waals surface area (Å²) in [5.74, 6) is 0.815. The minimum absolute atomic E-state index is 0.251. The Labute approximate surface area is 98.8 Å². The molecule has 0 saturated carbocycles. The second-order valence-electron chi connectivity index (χ2n) is 3.27. The third kappa shape index (κ3) is 1.49. The largest absolute Gasteiger partial charge is 0.333 e. The van der Waals surface area contributed by atoms with Crippen molar-refractivity contribution in [2.45, 2.75) is 6.92 Å². The van der Waals surface area contributed by atoms with E-state index in [4.69, 9.17) is 11.1 Å². The average Bonchev–Trinajstić information content (AvgIpc) is 2.22. The van der Waals surface area contributed by atoms with E-state index >= 15 is 0 Å². The highest BCUT2D eigenvalue weighted by Crippen LogP contribution is 2.17. The molecule has 0 aliphatic heterocycles. The van der Waals surface area contributed by atoms with E-state index in [1.807, 2.05) is 0 Å². The lowest BCUT2D eigenvalue weighted by atomic mass is 10.3. The molecule has 7 heteroatoms. The molecule has 0 atom stereocenters. The maximum absolute atomic E-state index is 11.7. The highest BCUT2D eigenvalue weighted by molar-refractivity contribution is 9.10. The Morgan fingerprint density at radius 1 is 1.69 bits per heavy atom. The van der Waals surface area contributed by atoms with Crippen LogP contribution in [0.2, 0.25) is 0 Å². The molecule has 4 N–H and O–H groups in total. The summed E-state index contributed by atoms with van der Waals surface area (Å²) >= 11 is 3.23. The minimum Gasteiger partial charge on any atom is -0.333 e. The molecule has 2 aromatic heterocycles. The van der Waals surface area contributed by atoms with Crippen LogP contribution in [0, 0.1) is 12.3 Å². The molecular weight excluding hydrogens is 274 g/mol. The molecule has 0 unspecified atom stereocenters. The van der Waals surface area contributed by atoms with Gasteiger partial charge in [0.25, 0.3) is 11.2 Å². The maximum Gasteiger partial charge on any atom is 0.263 e. The summed E-state index contributed by atoms with van der Waals surface area (Å²) in [6.07, 6.45) is 1.02. The predicted molar refractivity (Wildman–Crippen MR) is 63.6 cm³/mol. The SMILES string of the molecule is Cc1nc2c(cc(Br)c(N)[n+]2C=N)c(=O)[nH]1. The molecule has 0 bridgehead atoms. The van der Waals surface area contributed by atoms with Gasteiger partial charge in [-0.1, -0.05) is 0 Å². The molecular formula is C9H9BrN5O+. The van der Waals surface area contributed by atoms with Crippen LogP contribution in [-0.4, -0.2) is 16.3 Å². The number of fused-ring (bicyclic) bond motifs is 1. The van der Waals surface area contributed by atoms with E-state index in [-0.39, 0.29) is 5.56 Å². The van der Waals surface area contributed by atoms with Gasteiger partial charge in [0.15, 0.2) is 12.2 Å². The van der Waals surface area contributed by atoms with Crippen molar-refractivity contribution in [2.24, 2.45) is 0 Å². The molecule has 6 nitrogen and oxygen atoms in total. The van der Waals surface area contributed by atoms with Crippen LogP contribution >= 0.6 is 15.9 Å². The zero-order valence-electron chi connectivity index (χ0n) is 8.41. The van der Waals surface area contributed by atoms with Gasteiger partial charge in [0.2, 0.25) is 5.82 Å². The number of nitrogens with zero attached hydrogens (tertiary/aromatic N) is 2. The number of aryl methyl sites for hydroxylation is 1. The smallest absolute Gasteiger partial charge is 0.263 e. The number of nitrogens with one attached hydrogen (secondary N) is 2. The molecule has 2 aromatic rings. The van der Waals surface area contributed by atoms with Crippen LogP contribution in [0.1, 0.15) is 5.82 Å². The van der Waals surface area contributed by atoms with Gasteiger partial charge >= 0.3 is 0 Å². The Hall–Kier alpha value is -1.76. The second kappa shape index (κ2) is 3.67. The van der Waals surface area contributed by atoms with Gasteiger partial charge in [-0.2, -0.15) is 9.98 Å². The molecule has 16 heavy (non-hydrogen) atoms. The van der Waals surface area contributed by atoms with E-state index in [9.17, 15) is 4.79 Å². The number of nitrogen functional groups attached to an aromatic ring is 1. The number of nitrogens with two attached hydrogens (primary N) is 1. The molecule has 82 valence electrons. The normalized spacial score (nSPS) is 10.6. The van der Waals surface area contributed by atoms with Crippen LogP contribution in [0.5, 0.6) is 0 Å². The summed E-state index contributed by atoms with van der Waals surface area (Å²) in [5.41, 5.74) is 5.89. The molecule has 0 aliphatic carbocycles. The van der Waals surface area contributed by atoms with E-state index in [1.165, 1.54) is 4.57 Å². The van der Waals surface area contributed by atoms with Crippen molar-refractivity contribution in [3.63, 3.8) is 0 Å². The Morgan fingerprint density at radius 3 is 3.00 bits per heavy atom. The fourth-order valence-corrected chi connectivity index (χ4v) is 1.87. The van der Waals surface area contributed by atoms with Crippen molar-refractivity contribution in [3.8, 4) is 0 Å². The first-order valence-corrected chi connectivity index (χ1v) is 5.24. The number of rotatable bonds is 1. The van der Waals surface area contributed by atoms with Gasteiger partial charge in [0, 0.05) is 6.92 Å². The van der Waals surface area contributed by atoms with E-state index in [0.717, 1.165) is 6.34 Å². The van der Waals surface area contributed by atoms with Crippen LogP contribution in [0.3, 0.4) is 0 Å². The summed E-state index contributed by atoms with van der Waals surface area (Å²) < 4.78 is 1.90. The van der Waals surface area contributed by atoms with Gasteiger partial charge < -0.3 is 5.73 Å². The topological polar surface area (TPSA) is 99.5 Å². The van der Waals surface area contributed by atoms with Crippen molar-refractivity contribution < 1.29 is 4.57 Å². The third-order valence-electron chi connectivity index (χ3n) is 2.19. The van der Waals surface area contributed by atoms with E-state index < -0.39 is 0 Å². The fourth-order valence-electron chi connectivity index (χ4n) is 1.45. The lowest BCUT2D eigenvalue weighted by molar-refractivity contribution is -0.503. The Bertz CT molecular complexity index is 648. The van der Waals surface area contributed by atoms with Crippen molar-refractivity contribution in [1.29, 1.82) is 5.41 Å². The molecule has 2 rings (SSSR count). The van der Waals surface area contributed by atoms with Crippen molar-refractivity contribution in [3.05, 3.63) is 26.7 Å². The molecule has 0 saturated heterocycles. The van der Waals surface area contributed by atoms with Crippen LogP contribution in [0.15, 0.2) is 15.3 Å². The predicted octanol–water partition coefficient (Wildman–Crippen LogP) is 0.319. The molecule has 0 radical (unpaired) electrons. The van der Waals surface area contributed by atoms with Crippen LogP contribution < -0.4 is 15.9 Å². The summed E-state index contributed by atoms with van der Waals surface area (Å²) in [7, 11) is 0. The fraction of sp³-hybridized carbons (Fsp3) is 0.111. The monoisotopic (exact) mass is 282 g/mol. The molecule has 0 fully saturated rings. The Balaban J connectivity index is 3.08. The Morgan fingerprint density at radius 2 is 2.38 bits per heavy atom. The number of hydrogen-bond acceptors (Lipinski definition) is 4. The van der Waals surface area contributed by atoms with Crippen molar-refractivity contribution >= 4 is 39.1 Å². The summed E-state index contributed by atoms with van der Waals surface area (Å²) in [5, 5.41) is 7.67. The van der Waals surface area contributed by atoms with Crippen LogP contribution in [-0.2, 0) is 0 Å². The van der Waals surface area contributed by atoms with Gasteiger partial charge in [0.1, 0.15) is 5.39 Å². The number of aromatic nitrogens is 3. The highest BCUT2D eigenvalue weighted by Gasteiger charge is 2.15. The number of halogens is 1. The molecule has 0 amide bonds.